The molecule has 0 aliphatic rings. The van der Waals surface area contributed by atoms with Gasteiger partial charge in [0.1, 0.15) is 6.04 Å². The van der Waals surface area contributed by atoms with E-state index in [-0.39, 0.29) is 18.0 Å². The normalized spacial score (nSPS) is 13.6. The van der Waals surface area contributed by atoms with E-state index >= 15 is 0 Å². The highest BCUT2D eigenvalue weighted by Gasteiger charge is 2.61. The number of alkyl halides is 5. The van der Waals surface area contributed by atoms with E-state index in [1.165, 1.54) is 6.92 Å². The average molecular weight is 321 g/mol. The number of nitrogens with two attached hydrogens (primary N) is 1. The van der Waals surface area contributed by atoms with Crippen molar-refractivity contribution in [3.63, 3.8) is 0 Å². The first-order chi connectivity index (χ1) is 8.48. The monoisotopic (exact) mass is 320 g/mol. The Labute approximate surface area is 116 Å². The third kappa shape index (κ3) is 3.34. The summed E-state index contributed by atoms with van der Waals surface area (Å²) < 4.78 is 62.5. The quantitative estimate of drug-likeness (QED) is 0.526. The molecule has 0 unspecified atom stereocenters. The zero-order valence-electron chi connectivity index (χ0n) is 9.95. The largest absolute Gasteiger partial charge is 0.455 e. The summed E-state index contributed by atoms with van der Waals surface area (Å²) in [4.78, 5) is 9.72. The number of nitro groups is 1. The number of nitrogens with zero attached hydrogens (tertiary/aromatic N) is 1. The van der Waals surface area contributed by atoms with Gasteiger partial charge >= 0.3 is 12.1 Å². The smallest absolute Gasteiger partial charge is 0.319 e. The lowest BCUT2D eigenvalue weighted by atomic mass is 9.99. The highest BCUT2D eigenvalue weighted by atomic mass is 35.5. The van der Waals surface area contributed by atoms with Gasteiger partial charge in [-0.15, -0.1) is 12.4 Å². The average Bonchev–Trinajstić information content (AvgIpc) is 2.26. The summed E-state index contributed by atoms with van der Waals surface area (Å²) in [6.07, 6.45) is -5.83. The Morgan fingerprint density at radius 1 is 1.25 bits per heavy atom. The molecule has 0 amide bonds. The van der Waals surface area contributed by atoms with Crippen LogP contribution in [0, 0.1) is 17.0 Å². The van der Waals surface area contributed by atoms with Crippen LogP contribution in [-0.2, 0) is 0 Å². The molecule has 0 aliphatic carbocycles. The molecule has 0 aliphatic heterocycles. The van der Waals surface area contributed by atoms with Crippen LogP contribution in [0.1, 0.15) is 17.2 Å². The SMILES string of the molecule is Cc1ccc([C@@H](N)C(F)(F)C(F)(F)F)cc1[N+](=O)[O-].Cl. The molecule has 1 rings (SSSR count). The van der Waals surface area contributed by atoms with Crippen LogP contribution in [0.2, 0.25) is 0 Å². The van der Waals surface area contributed by atoms with Gasteiger partial charge in [0.05, 0.1) is 4.92 Å². The van der Waals surface area contributed by atoms with Gasteiger partial charge in [-0.3, -0.25) is 10.1 Å². The van der Waals surface area contributed by atoms with Gasteiger partial charge in [-0.1, -0.05) is 12.1 Å². The molecule has 10 heteroatoms. The van der Waals surface area contributed by atoms with E-state index in [4.69, 9.17) is 5.73 Å². The molecule has 4 nitrogen and oxygen atoms in total. The second-order valence-corrected chi connectivity index (χ2v) is 3.90. The van der Waals surface area contributed by atoms with Gasteiger partial charge in [0, 0.05) is 11.6 Å². The predicted molar refractivity (Wildman–Crippen MR) is 63.0 cm³/mol. The van der Waals surface area contributed by atoms with Crippen molar-refractivity contribution < 1.29 is 26.9 Å². The number of hydrogen-bond donors (Lipinski definition) is 1. The Morgan fingerprint density at radius 3 is 2.15 bits per heavy atom. The molecule has 1 aromatic rings. The maximum atomic E-state index is 13.0. The molecule has 0 aromatic heterocycles. The van der Waals surface area contributed by atoms with Crippen LogP contribution in [0.3, 0.4) is 0 Å². The van der Waals surface area contributed by atoms with Crippen molar-refractivity contribution in [2.24, 2.45) is 5.73 Å². The summed E-state index contributed by atoms with van der Waals surface area (Å²) in [5, 5.41) is 10.6. The number of aryl methyl sites for hydroxylation is 1. The van der Waals surface area contributed by atoms with Crippen molar-refractivity contribution in [3.8, 4) is 0 Å². The van der Waals surface area contributed by atoms with Crippen LogP contribution in [0.4, 0.5) is 27.6 Å². The van der Waals surface area contributed by atoms with E-state index in [9.17, 15) is 32.1 Å². The minimum Gasteiger partial charge on any atom is -0.319 e. The lowest BCUT2D eigenvalue weighted by Crippen LogP contribution is -2.45. The zero-order chi connectivity index (χ0) is 15.0. The summed E-state index contributed by atoms with van der Waals surface area (Å²) in [5.41, 5.74) is 3.80. The Kier molecular flexibility index (Phi) is 5.44. The minimum absolute atomic E-state index is 0. The van der Waals surface area contributed by atoms with Gasteiger partial charge in [0.2, 0.25) is 0 Å². The van der Waals surface area contributed by atoms with Crippen LogP contribution in [0.5, 0.6) is 0 Å². The summed E-state index contributed by atoms with van der Waals surface area (Å²) >= 11 is 0. The number of rotatable bonds is 3. The molecule has 0 spiro atoms. The molecular weight excluding hydrogens is 311 g/mol. The molecule has 0 bridgehead atoms. The van der Waals surface area contributed by atoms with E-state index in [0.717, 1.165) is 12.1 Å². The van der Waals surface area contributed by atoms with Crippen molar-refractivity contribution >= 4 is 18.1 Å². The standard InChI is InChI=1S/C10H9F5N2O2.ClH/c1-5-2-3-6(4-7(5)17(18)19)8(16)9(11,12)10(13,14)15;/h2-4,8H,16H2,1H3;1H/t8-;/m1./s1. The lowest BCUT2D eigenvalue weighted by molar-refractivity contribution is -0.385. The van der Waals surface area contributed by atoms with Gasteiger partial charge in [0.25, 0.3) is 5.69 Å². The van der Waals surface area contributed by atoms with E-state index in [2.05, 4.69) is 0 Å². The fraction of sp³-hybridized carbons (Fsp3) is 0.400. The third-order valence-electron chi connectivity index (χ3n) is 2.56. The second kappa shape index (κ2) is 5.88. The van der Waals surface area contributed by atoms with Crippen LogP contribution in [0.25, 0.3) is 0 Å². The van der Waals surface area contributed by atoms with Crippen LogP contribution in [-0.4, -0.2) is 17.0 Å². The second-order valence-electron chi connectivity index (χ2n) is 3.90. The van der Waals surface area contributed by atoms with Gasteiger partial charge in [-0.05, 0) is 12.5 Å². The molecule has 20 heavy (non-hydrogen) atoms. The number of halogens is 6. The first-order valence-electron chi connectivity index (χ1n) is 4.93. The van der Waals surface area contributed by atoms with E-state index in [1.807, 2.05) is 0 Å². The van der Waals surface area contributed by atoms with E-state index < -0.39 is 34.3 Å². The third-order valence-corrected chi connectivity index (χ3v) is 2.56. The van der Waals surface area contributed by atoms with Crippen molar-refractivity contribution in [3.05, 3.63) is 39.4 Å². The molecule has 2 N–H and O–H groups in total. The summed E-state index contributed by atoms with van der Waals surface area (Å²) in [6, 6.07) is -0.0988. The van der Waals surface area contributed by atoms with Crippen molar-refractivity contribution in [1.82, 2.24) is 0 Å². The topological polar surface area (TPSA) is 69.2 Å². The molecule has 1 atom stereocenters. The fourth-order valence-electron chi connectivity index (χ4n) is 1.40. The Morgan fingerprint density at radius 2 is 1.75 bits per heavy atom. The number of nitro benzene ring substituents is 1. The Bertz CT molecular complexity index is 507. The van der Waals surface area contributed by atoms with E-state index in [1.54, 1.807) is 0 Å². The molecule has 0 saturated carbocycles. The fourth-order valence-corrected chi connectivity index (χ4v) is 1.40. The summed E-state index contributed by atoms with van der Waals surface area (Å²) in [7, 11) is 0. The van der Waals surface area contributed by atoms with Crippen LogP contribution >= 0.6 is 12.4 Å². The van der Waals surface area contributed by atoms with Gasteiger partial charge in [-0.25, -0.2) is 0 Å². The first kappa shape index (κ1) is 18.5. The first-order valence-corrected chi connectivity index (χ1v) is 4.93. The molecule has 0 fully saturated rings. The maximum absolute atomic E-state index is 13.0. The Hall–Kier alpha value is -1.48. The zero-order valence-corrected chi connectivity index (χ0v) is 10.8. The van der Waals surface area contributed by atoms with E-state index in [0.29, 0.717) is 6.07 Å². The highest BCUT2D eigenvalue weighted by Crippen LogP contribution is 2.43. The van der Waals surface area contributed by atoms with Crippen LogP contribution in [0.15, 0.2) is 18.2 Å². The summed E-state index contributed by atoms with van der Waals surface area (Å²) in [6.45, 7) is 1.33. The predicted octanol–water partition coefficient (Wildman–Crippen LogP) is 3.52. The van der Waals surface area contributed by atoms with Gasteiger partial charge in [-0.2, -0.15) is 22.0 Å². The minimum atomic E-state index is -5.83. The van der Waals surface area contributed by atoms with Crippen molar-refractivity contribution in [2.45, 2.75) is 25.1 Å². The highest BCUT2D eigenvalue weighted by molar-refractivity contribution is 5.85. The number of hydrogen-bond acceptors (Lipinski definition) is 3. The Balaban J connectivity index is 0.00000361. The van der Waals surface area contributed by atoms with Crippen molar-refractivity contribution in [2.75, 3.05) is 0 Å². The molecular formula is C10H10ClF5N2O2. The molecule has 114 valence electrons. The van der Waals surface area contributed by atoms with Gasteiger partial charge in [0.15, 0.2) is 0 Å². The molecule has 0 radical (unpaired) electrons. The van der Waals surface area contributed by atoms with Crippen molar-refractivity contribution in [1.29, 1.82) is 0 Å². The summed E-state index contributed by atoms with van der Waals surface area (Å²) in [5.74, 6) is -5.17. The maximum Gasteiger partial charge on any atom is 0.455 e. The molecule has 0 heterocycles. The molecule has 1 aromatic carbocycles. The van der Waals surface area contributed by atoms with Gasteiger partial charge < -0.3 is 5.73 Å². The molecule has 0 saturated heterocycles. The number of benzene rings is 1. The lowest BCUT2D eigenvalue weighted by Gasteiger charge is -2.25. The van der Waals surface area contributed by atoms with Crippen LogP contribution < -0.4 is 5.73 Å².